The van der Waals surface area contributed by atoms with Gasteiger partial charge in [0.25, 0.3) is 0 Å². The van der Waals surface area contributed by atoms with Crippen molar-refractivity contribution in [1.29, 1.82) is 5.26 Å². The first kappa shape index (κ1) is 9.21. The van der Waals surface area contributed by atoms with Crippen molar-refractivity contribution < 1.29 is 0 Å². The molecule has 1 heterocycles. The summed E-state index contributed by atoms with van der Waals surface area (Å²) in [6, 6.07) is 2.11. The Labute approximate surface area is 76.9 Å². The van der Waals surface area contributed by atoms with Crippen LogP contribution in [0.2, 0.25) is 0 Å². The number of hydrogen-bond acceptors (Lipinski definition) is 3. The maximum absolute atomic E-state index is 8.47. The molecule has 0 N–H and O–H groups in total. The van der Waals surface area contributed by atoms with E-state index in [9.17, 15) is 0 Å². The number of aryl methyl sites for hydroxylation is 2. The first-order valence-electron chi connectivity index (χ1n) is 4.10. The minimum Gasteiger partial charge on any atom is -0.245 e. The van der Waals surface area contributed by atoms with E-state index in [0.29, 0.717) is 6.42 Å². The molecule has 0 radical (unpaired) electrons. The summed E-state index contributed by atoms with van der Waals surface area (Å²) in [6.07, 6.45) is 2.69. The van der Waals surface area contributed by atoms with Gasteiger partial charge in [0.2, 0.25) is 0 Å². The Morgan fingerprint density at radius 1 is 1.58 bits per heavy atom. The van der Waals surface area contributed by atoms with Crippen LogP contribution >= 0.6 is 11.3 Å². The van der Waals surface area contributed by atoms with Gasteiger partial charge in [0.1, 0.15) is 5.01 Å². The Morgan fingerprint density at radius 3 is 2.92 bits per heavy atom. The fourth-order valence-corrected chi connectivity index (χ4v) is 2.19. The molecule has 0 atom stereocenters. The van der Waals surface area contributed by atoms with Crippen molar-refractivity contribution in [3.63, 3.8) is 0 Å². The van der Waals surface area contributed by atoms with Crippen LogP contribution in [0.3, 0.4) is 0 Å². The van der Waals surface area contributed by atoms with Crippen LogP contribution in [0, 0.1) is 18.3 Å². The fourth-order valence-electron chi connectivity index (χ4n) is 1.09. The molecule has 1 aromatic rings. The first-order chi connectivity index (χ1) is 5.77. The molecule has 0 saturated heterocycles. The Bertz CT molecular complexity index is 296. The third kappa shape index (κ3) is 2.05. The minimum absolute atomic E-state index is 0.454. The summed E-state index contributed by atoms with van der Waals surface area (Å²) in [5.41, 5.74) is 1.10. The summed E-state index contributed by atoms with van der Waals surface area (Å²) < 4.78 is 0. The van der Waals surface area contributed by atoms with Crippen LogP contribution in [-0.2, 0) is 12.8 Å². The number of rotatable bonds is 3. The number of nitriles is 1. The van der Waals surface area contributed by atoms with E-state index in [-0.39, 0.29) is 0 Å². The first-order valence-corrected chi connectivity index (χ1v) is 4.91. The van der Waals surface area contributed by atoms with Crippen molar-refractivity contribution >= 4 is 11.3 Å². The zero-order valence-corrected chi connectivity index (χ0v) is 8.24. The predicted molar refractivity (Wildman–Crippen MR) is 50.2 cm³/mol. The highest BCUT2D eigenvalue weighted by Crippen LogP contribution is 2.19. The van der Waals surface area contributed by atoms with Crippen molar-refractivity contribution in [3.8, 4) is 6.07 Å². The van der Waals surface area contributed by atoms with Crippen molar-refractivity contribution in [3.05, 3.63) is 15.6 Å². The SMILES string of the molecule is CCCc1sc(CC#N)nc1C. The number of aromatic nitrogens is 1. The van der Waals surface area contributed by atoms with Gasteiger partial charge in [-0.15, -0.1) is 11.3 Å². The summed E-state index contributed by atoms with van der Waals surface area (Å²) in [4.78, 5) is 5.65. The molecule has 0 aromatic carbocycles. The molecule has 3 heteroatoms. The molecule has 12 heavy (non-hydrogen) atoms. The number of thiazole rings is 1. The molecule has 0 aliphatic heterocycles. The van der Waals surface area contributed by atoms with Gasteiger partial charge in [-0.1, -0.05) is 13.3 Å². The molecule has 0 spiro atoms. The highest BCUT2D eigenvalue weighted by molar-refractivity contribution is 7.11. The van der Waals surface area contributed by atoms with Gasteiger partial charge in [-0.25, -0.2) is 4.98 Å². The van der Waals surface area contributed by atoms with Crippen LogP contribution in [0.1, 0.15) is 28.9 Å². The Hall–Kier alpha value is -0.880. The van der Waals surface area contributed by atoms with E-state index in [2.05, 4.69) is 18.0 Å². The molecule has 0 amide bonds. The average Bonchev–Trinajstić information content (AvgIpc) is 2.34. The van der Waals surface area contributed by atoms with Gasteiger partial charge in [-0.05, 0) is 13.3 Å². The van der Waals surface area contributed by atoms with Gasteiger partial charge in [0, 0.05) is 4.88 Å². The summed E-state index contributed by atoms with van der Waals surface area (Å²) in [6.45, 7) is 4.17. The molecule has 2 nitrogen and oxygen atoms in total. The van der Waals surface area contributed by atoms with Gasteiger partial charge in [-0.3, -0.25) is 0 Å². The Morgan fingerprint density at radius 2 is 2.33 bits per heavy atom. The van der Waals surface area contributed by atoms with Gasteiger partial charge in [0.15, 0.2) is 0 Å². The normalized spacial score (nSPS) is 9.75. The van der Waals surface area contributed by atoms with Crippen LogP contribution in [0.5, 0.6) is 0 Å². The molecule has 0 bridgehead atoms. The third-order valence-corrected chi connectivity index (χ3v) is 2.86. The zero-order valence-electron chi connectivity index (χ0n) is 7.42. The monoisotopic (exact) mass is 180 g/mol. The highest BCUT2D eigenvalue weighted by Gasteiger charge is 2.05. The molecule has 1 rings (SSSR count). The number of hydrogen-bond donors (Lipinski definition) is 0. The summed E-state index contributed by atoms with van der Waals surface area (Å²) >= 11 is 1.68. The number of nitrogens with zero attached hydrogens (tertiary/aromatic N) is 2. The van der Waals surface area contributed by atoms with Crippen molar-refractivity contribution in [2.45, 2.75) is 33.1 Å². The van der Waals surface area contributed by atoms with Gasteiger partial charge in [0.05, 0.1) is 18.2 Å². The van der Waals surface area contributed by atoms with Crippen LogP contribution in [0.25, 0.3) is 0 Å². The predicted octanol–water partition coefficient (Wildman–Crippen LogP) is 2.47. The van der Waals surface area contributed by atoms with Crippen LogP contribution < -0.4 is 0 Å². The average molecular weight is 180 g/mol. The Kier molecular flexibility index (Phi) is 3.24. The van der Waals surface area contributed by atoms with Crippen molar-refractivity contribution in [1.82, 2.24) is 4.98 Å². The van der Waals surface area contributed by atoms with Crippen molar-refractivity contribution in [2.75, 3.05) is 0 Å². The quantitative estimate of drug-likeness (QED) is 0.716. The maximum Gasteiger partial charge on any atom is 0.107 e. The molecule has 0 fully saturated rings. The lowest BCUT2D eigenvalue weighted by atomic mass is 10.2. The highest BCUT2D eigenvalue weighted by atomic mass is 32.1. The lowest BCUT2D eigenvalue weighted by molar-refractivity contribution is 0.924. The molecule has 64 valence electrons. The molecular formula is C9H12N2S. The van der Waals surface area contributed by atoms with E-state index in [0.717, 1.165) is 23.5 Å². The lowest BCUT2D eigenvalue weighted by Crippen LogP contribution is -1.81. The largest absolute Gasteiger partial charge is 0.245 e. The van der Waals surface area contributed by atoms with E-state index < -0.39 is 0 Å². The summed E-state index contributed by atoms with van der Waals surface area (Å²) in [5, 5.41) is 9.42. The van der Waals surface area contributed by atoms with E-state index in [1.165, 1.54) is 4.88 Å². The fraction of sp³-hybridized carbons (Fsp3) is 0.556. The van der Waals surface area contributed by atoms with E-state index in [1.54, 1.807) is 11.3 Å². The smallest absolute Gasteiger partial charge is 0.107 e. The van der Waals surface area contributed by atoms with Gasteiger partial charge >= 0.3 is 0 Å². The summed E-state index contributed by atoms with van der Waals surface area (Å²) in [7, 11) is 0. The Balaban J connectivity index is 2.79. The second kappa shape index (κ2) is 4.22. The summed E-state index contributed by atoms with van der Waals surface area (Å²) in [5.74, 6) is 0. The second-order valence-corrected chi connectivity index (χ2v) is 3.87. The van der Waals surface area contributed by atoms with Crippen LogP contribution in [-0.4, -0.2) is 4.98 Å². The standard InChI is InChI=1S/C9H12N2S/c1-3-4-8-7(2)11-9(12-8)5-6-10/h3-5H2,1-2H3. The zero-order chi connectivity index (χ0) is 8.97. The molecule has 0 unspecified atom stereocenters. The molecule has 1 aromatic heterocycles. The van der Waals surface area contributed by atoms with Crippen LogP contribution in [0.4, 0.5) is 0 Å². The molecule has 0 saturated carbocycles. The van der Waals surface area contributed by atoms with Gasteiger partial charge in [-0.2, -0.15) is 5.26 Å². The van der Waals surface area contributed by atoms with Gasteiger partial charge < -0.3 is 0 Å². The van der Waals surface area contributed by atoms with Crippen molar-refractivity contribution in [2.24, 2.45) is 0 Å². The van der Waals surface area contributed by atoms with E-state index >= 15 is 0 Å². The van der Waals surface area contributed by atoms with E-state index in [1.807, 2.05) is 6.92 Å². The second-order valence-electron chi connectivity index (χ2n) is 2.70. The van der Waals surface area contributed by atoms with E-state index in [4.69, 9.17) is 5.26 Å². The lowest BCUT2D eigenvalue weighted by Gasteiger charge is -1.90. The maximum atomic E-state index is 8.47. The third-order valence-electron chi connectivity index (χ3n) is 1.64. The molecule has 0 aliphatic carbocycles. The molecule has 0 aliphatic rings. The minimum atomic E-state index is 0.454. The topological polar surface area (TPSA) is 36.7 Å². The molecular weight excluding hydrogens is 168 g/mol. The van der Waals surface area contributed by atoms with Crippen LogP contribution in [0.15, 0.2) is 0 Å².